The molecule has 2 N–H and O–H groups in total. The highest BCUT2D eigenvalue weighted by atomic mass is 35.5. The van der Waals surface area contributed by atoms with E-state index < -0.39 is 5.97 Å². The Morgan fingerprint density at radius 1 is 1.13 bits per heavy atom. The van der Waals surface area contributed by atoms with Crippen molar-refractivity contribution in [1.82, 2.24) is 0 Å². The van der Waals surface area contributed by atoms with Gasteiger partial charge in [-0.15, -0.1) is 11.3 Å². The lowest BCUT2D eigenvalue weighted by Gasteiger charge is -2.26. The molecule has 1 heterocycles. The van der Waals surface area contributed by atoms with Crippen molar-refractivity contribution in [2.75, 3.05) is 16.8 Å². The van der Waals surface area contributed by atoms with E-state index in [1.807, 2.05) is 17.5 Å². The van der Waals surface area contributed by atoms with Crippen molar-refractivity contribution in [2.45, 2.75) is 26.3 Å². The number of unbranched alkanes of at least 4 members (excludes halogenated alkanes) is 1. The summed E-state index contributed by atoms with van der Waals surface area (Å²) < 4.78 is 0. The first-order chi connectivity index (χ1) is 14.5. The molecular formula is C23H23ClN2O3S. The van der Waals surface area contributed by atoms with Gasteiger partial charge in [-0.05, 0) is 60.3 Å². The van der Waals surface area contributed by atoms with Crippen LogP contribution in [-0.4, -0.2) is 23.5 Å². The van der Waals surface area contributed by atoms with E-state index in [-0.39, 0.29) is 11.5 Å². The molecule has 3 aromatic rings. The van der Waals surface area contributed by atoms with Crippen molar-refractivity contribution in [3.8, 4) is 0 Å². The molecule has 2 aromatic carbocycles. The van der Waals surface area contributed by atoms with Gasteiger partial charge in [-0.3, -0.25) is 4.79 Å². The standard InChI is InChI=1S/C23H23ClN2O3S/c1-2-3-12-26(15-19-5-4-13-30-19)21-11-10-18(14-20(21)23(28)29)25-22(27)16-6-8-17(24)9-7-16/h4-11,13-14H,2-3,12,15H2,1H3,(H,25,27)(H,28,29). The van der Waals surface area contributed by atoms with Gasteiger partial charge >= 0.3 is 5.97 Å². The van der Waals surface area contributed by atoms with Crippen LogP contribution in [0, 0.1) is 0 Å². The summed E-state index contributed by atoms with van der Waals surface area (Å²) in [6.07, 6.45) is 1.97. The van der Waals surface area contributed by atoms with Crippen LogP contribution in [0.3, 0.4) is 0 Å². The highest BCUT2D eigenvalue weighted by Crippen LogP contribution is 2.28. The van der Waals surface area contributed by atoms with Gasteiger partial charge in [0.05, 0.1) is 17.8 Å². The van der Waals surface area contributed by atoms with E-state index in [1.54, 1.807) is 47.7 Å². The second-order valence-corrected chi connectivity index (χ2v) is 8.32. The van der Waals surface area contributed by atoms with Crippen molar-refractivity contribution in [3.63, 3.8) is 0 Å². The van der Waals surface area contributed by atoms with Crippen LogP contribution in [0.4, 0.5) is 11.4 Å². The summed E-state index contributed by atoms with van der Waals surface area (Å²) in [5, 5.41) is 15.1. The van der Waals surface area contributed by atoms with E-state index in [0.29, 0.717) is 28.5 Å². The number of benzene rings is 2. The lowest BCUT2D eigenvalue weighted by molar-refractivity contribution is 0.0697. The van der Waals surface area contributed by atoms with Crippen molar-refractivity contribution in [1.29, 1.82) is 0 Å². The minimum atomic E-state index is -1.03. The number of carboxylic acid groups (broad SMARTS) is 1. The number of nitrogens with one attached hydrogen (secondary N) is 1. The van der Waals surface area contributed by atoms with Crippen LogP contribution in [0.15, 0.2) is 60.0 Å². The zero-order valence-electron chi connectivity index (χ0n) is 16.6. The van der Waals surface area contributed by atoms with Crippen LogP contribution in [0.25, 0.3) is 0 Å². The Bertz CT molecular complexity index is 1000. The fourth-order valence-electron chi connectivity index (χ4n) is 3.09. The first kappa shape index (κ1) is 21.9. The normalized spacial score (nSPS) is 10.6. The Labute approximate surface area is 184 Å². The summed E-state index contributed by atoms with van der Waals surface area (Å²) >= 11 is 7.51. The Morgan fingerprint density at radius 3 is 2.53 bits per heavy atom. The third-order valence-electron chi connectivity index (χ3n) is 4.64. The number of carboxylic acids is 1. The Hall–Kier alpha value is -2.83. The Balaban J connectivity index is 1.86. The number of amides is 1. The van der Waals surface area contributed by atoms with Gasteiger partial charge in [0, 0.05) is 27.7 Å². The molecule has 0 fully saturated rings. The molecule has 0 aliphatic heterocycles. The van der Waals surface area contributed by atoms with Gasteiger partial charge in [-0.1, -0.05) is 31.0 Å². The van der Waals surface area contributed by atoms with E-state index in [4.69, 9.17) is 11.6 Å². The summed E-state index contributed by atoms with van der Waals surface area (Å²) in [6, 6.07) is 15.6. The molecule has 0 saturated heterocycles. The van der Waals surface area contributed by atoms with E-state index in [9.17, 15) is 14.7 Å². The minimum Gasteiger partial charge on any atom is -0.478 e. The van der Waals surface area contributed by atoms with E-state index in [1.165, 1.54) is 10.9 Å². The summed E-state index contributed by atoms with van der Waals surface area (Å²) in [5.41, 5.74) is 1.69. The SMILES string of the molecule is CCCCN(Cc1cccs1)c1ccc(NC(=O)c2ccc(Cl)cc2)cc1C(=O)O. The van der Waals surface area contributed by atoms with Crippen LogP contribution in [0.2, 0.25) is 5.02 Å². The predicted molar refractivity (Wildman–Crippen MR) is 123 cm³/mol. The van der Waals surface area contributed by atoms with Crippen molar-refractivity contribution >= 4 is 46.2 Å². The third-order valence-corrected chi connectivity index (χ3v) is 5.75. The predicted octanol–water partition coefficient (Wildman–Crippen LogP) is 6.16. The molecule has 1 amide bonds. The highest BCUT2D eigenvalue weighted by molar-refractivity contribution is 7.09. The Kier molecular flexibility index (Phi) is 7.49. The van der Waals surface area contributed by atoms with Gasteiger partial charge in [-0.2, -0.15) is 0 Å². The number of rotatable bonds is 9. The van der Waals surface area contributed by atoms with Crippen molar-refractivity contribution in [2.24, 2.45) is 0 Å². The molecule has 1 aromatic heterocycles. The maximum absolute atomic E-state index is 12.5. The number of halogens is 1. The lowest BCUT2D eigenvalue weighted by atomic mass is 10.1. The molecule has 7 heteroatoms. The first-order valence-corrected chi connectivity index (χ1v) is 10.9. The molecule has 0 aliphatic rings. The lowest BCUT2D eigenvalue weighted by Crippen LogP contribution is -2.25. The average molecular weight is 443 g/mol. The van der Waals surface area contributed by atoms with Crippen LogP contribution in [0.5, 0.6) is 0 Å². The van der Waals surface area contributed by atoms with Crippen LogP contribution in [0.1, 0.15) is 45.4 Å². The van der Waals surface area contributed by atoms with Crippen LogP contribution < -0.4 is 10.2 Å². The molecule has 0 atom stereocenters. The van der Waals surface area contributed by atoms with E-state index in [0.717, 1.165) is 19.4 Å². The average Bonchev–Trinajstić information content (AvgIpc) is 3.24. The maximum Gasteiger partial charge on any atom is 0.337 e. The highest BCUT2D eigenvalue weighted by Gasteiger charge is 2.18. The largest absolute Gasteiger partial charge is 0.478 e. The van der Waals surface area contributed by atoms with Gasteiger partial charge in [0.1, 0.15) is 0 Å². The molecule has 156 valence electrons. The number of anilines is 2. The number of nitrogens with zero attached hydrogens (tertiary/aromatic N) is 1. The van der Waals surface area contributed by atoms with Gasteiger partial charge in [0.15, 0.2) is 0 Å². The molecule has 0 radical (unpaired) electrons. The van der Waals surface area contributed by atoms with E-state index in [2.05, 4.69) is 17.1 Å². The number of thiophene rings is 1. The minimum absolute atomic E-state index is 0.163. The van der Waals surface area contributed by atoms with Gasteiger partial charge in [0.2, 0.25) is 0 Å². The van der Waals surface area contributed by atoms with Crippen molar-refractivity contribution < 1.29 is 14.7 Å². The van der Waals surface area contributed by atoms with E-state index >= 15 is 0 Å². The topological polar surface area (TPSA) is 69.6 Å². The maximum atomic E-state index is 12.5. The molecule has 0 bridgehead atoms. The summed E-state index contributed by atoms with van der Waals surface area (Å²) in [4.78, 5) is 27.7. The van der Waals surface area contributed by atoms with Gasteiger partial charge in [0.25, 0.3) is 5.91 Å². The number of aromatic carboxylic acids is 1. The molecule has 0 unspecified atom stereocenters. The van der Waals surface area contributed by atoms with Crippen LogP contribution >= 0.6 is 22.9 Å². The molecule has 5 nitrogen and oxygen atoms in total. The molecule has 0 spiro atoms. The quantitative estimate of drug-likeness (QED) is 0.416. The molecule has 0 saturated carbocycles. The summed E-state index contributed by atoms with van der Waals surface area (Å²) in [6.45, 7) is 3.51. The first-order valence-electron chi connectivity index (χ1n) is 9.69. The smallest absolute Gasteiger partial charge is 0.337 e. The van der Waals surface area contributed by atoms with Crippen molar-refractivity contribution in [3.05, 3.63) is 81.0 Å². The summed E-state index contributed by atoms with van der Waals surface area (Å²) in [5.74, 6) is -1.35. The second-order valence-electron chi connectivity index (χ2n) is 6.85. The molecule has 0 aliphatic carbocycles. The molecule has 30 heavy (non-hydrogen) atoms. The monoisotopic (exact) mass is 442 g/mol. The number of hydrogen-bond donors (Lipinski definition) is 2. The van der Waals surface area contributed by atoms with Gasteiger partial charge < -0.3 is 15.3 Å². The zero-order valence-corrected chi connectivity index (χ0v) is 18.2. The number of carbonyl (C=O) groups is 2. The fraction of sp³-hybridized carbons (Fsp3) is 0.217. The van der Waals surface area contributed by atoms with Crippen LogP contribution in [-0.2, 0) is 6.54 Å². The second kappa shape index (κ2) is 10.3. The van der Waals surface area contributed by atoms with Gasteiger partial charge in [-0.25, -0.2) is 4.79 Å². The molecule has 3 rings (SSSR count). The zero-order chi connectivity index (χ0) is 21.5. The molecular weight excluding hydrogens is 420 g/mol. The summed E-state index contributed by atoms with van der Waals surface area (Å²) in [7, 11) is 0. The number of hydrogen-bond acceptors (Lipinski definition) is 4. The number of carbonyl (C=O) groups excluding carboxylic acids is 1. The Morgan fingerprint density at radius 2 is 1.90 bits per heavy atom. The fourth-order valence-corrected chi connectivity index (χ4v) is 3.94. The third kappa shape index (κ3) is 5.62.